The Labute approximate surface area is 184 Å². The highest BCUT2D eigenvalue weighted by molar-refractivity contribution is 6.30. The van der Waals surface area contributed by atoms with E-state index in [0.29, 0.717) is 39.8 Å². The summed E-state index contributed by atoms with van der Waals surface area (Å²) in [5, 5.41) is 4.49. The quantitative estimate of drug-likeness (QED) is 0.180. The lowest BCUT2D eigenvalue weighted by molar-refractivity contribution is 0.0734. The van der Waals surface area contributed by atoms with E-state index in [1.54, 1.807) is 78.9 Å². The first-order valence-corrected chi connectivity index (χ1v) is 9.68. The van der Waals surface area contributed by atoms with Gasteiger partial charge in [-0.1, -0.05) is 36.4 Å². The van der Waals surface area contributed by atoms with E-state index >= 15 is 0 Å². The second-order valence-electron chi connectivity index (χ2n) is 6.29. The number of amides is 1. The number of nitrogens with zero attached hydrogens (tertiary/aromatic N) is 1. The summed E-state index contributed by atoms with van der Waals surface area (Å²) in [7, 11) is 0. The van der Waals surface area contributed by atoms with Crippen molar-refractivity contribution < 1.29 is 19.1 Å². The van der Waals surface area contributed by atoms with Crippen molar-refractivity contribution in [3.05, 3.63) is 107 Å². The van der Waals surface area contributed by atoms with E-state index in [1.807, 2.05) is 0 Å². The lowest BCUT2D eigenvalue weighted by Gasteiger charge is -2.05. The lowest BCUT2D eigenvalue weighted by atomic mass is 10.2. The van der Waals surface area contributed by atoms with Crippen LogP contribution in [0.4, 0.5) is 0 Å². The maximum Gasteiger partial charge on any atom is 0.343 e. The highest BCUT2D eigenvalue weighted by Crippen LogP contribution is 2.16. The Morgan fingerprint density at radius 1 is 0.968 bits per heavy atom. The number of rotatable bonds is 8. The summed E-state index contributed by atoms with van der Waals surface area (Å²) < 4.78 is 10.7. The third-order valence-corrected chi connectivity index (χ3v) is 4.26. The average Bonchev–Trinajstić information content (AvgIpc) is 2.78. The van der Waals surface area contributed by atoms with Crippen molar-refractivity contribution in [3.8, 4) is 11.5 Å². The first-order chi connectivity index (χ1) is 15.0. The van der Waals surface area contributed by atoms with Crippen molar-refractivity contribution >= 4 is 29.7 Å². The summed E-state index contributed by atoms with van der Waals surface area (Å²) in [5.41, 5.74) is 3.93. The molecule has 0 aliphatic rings. The molecule has 0 heterocycles. The zero-order valence-electron chi connectivity index (χ0n) is 16.5. The van der Waals surface area contributed by atoms with E-state index in [4.69, 9.17) is 21.1 Å². The van der Waals surface area contributed by atoms with Crippen LogP contribution in [0.25, 0.3) is 0 Å². The van der Waals surface area contributed by atoms with Gasteiger partial charge in [-0.2, -0.15) is 5.10 Å². The second kappa shape index (κ2) is 10.8. The van der Waals surface area contributed by atoms with Crippen LogP contribution in [-0.2, 0) is 0 Å². The monoisotopic (exact) mass is 434 g/mol. The number of hydrogen-bond acceptors (Lipinski definition) is 5. The van der Waals surface area contributed by atoms with Crippen molar-refractivity contribution in [2.45, 2.75) is 0 Å². The lowest BCUT2D eigenvalue weighted by Crippen LogP contribution is -2.17. The van der Waals surface area contributed by atoms with Crippen molar-refractivity contribution in [3.63, 3.8) is 0 Å². The Bertz CT molecular complexity index is 1090. The minimum absolute atomic E-state index is 0.352. The number of nitrogens with one attached hydrogen (secondary N) is 1. The molecule has 0 fully saturated rings. The van der Waals surface area contributed by atoms with E-state index in [0.717, 1.165) is 0 Å². The molecule has 3 rings (SSSR count). The molecule has 0 aromatic heterocycles. The van der Waals surface area contributed by atoms with Crippen LogP contribution < -0.4 is 14.9 Å². The predicted octanol–water partition coefficient (Wildman–Crippen LogP) is 4.89. The molecule has 0 aliphatic carbocycles. The van der Waals surface area contributed by atoms with Gasteiger partial charge in [0.05, 0.1) is 11.8 Å². The smallest absolute Gasteiger partial charge is 0.343 e. The summed E-state index contributed by atoms with van der Waals surface area (Å²) in [6, 6.07) is 19.8. The molecule has 1 amide bonds. The molecule has 1 N–H and O–H groups in total. The minimum atomic E-state index is -0.500. The van der Waals surface area contributed by atoms with Crippen molar-refractivity contribution in [2.24, 2.45) is 5.10 Å². The van der Waals surface area contributed by atoms with Gasteiger partial charge < -0.3 is 9.47 Å². The molecule has 0 atom stereocenters. The Morgan fingerprint density at radius 2 is 1.68 bits per heavy atom. The minimum Gasteiger partial charge on any atom is -0.490 e. The Morgan fingerprint density at radius 3 is 2.39 bits per heavy atom. The summed E-state index contributed by atoms with van der Waals surface area (Å²) >= 11 is 5.83. The van der Waals surface area contributed by atoms with Crippen molar-refractivity contribution in [1.29, 1.82) is 0 Å². The Balaban J connectivity index is 1.57. The molecule has 3 aromatic rings. The normalized spacial score (nSPS) is 10.5. The topological polar surface area (TPSA) is 77.0 Å². The van der Waals surface area contributed by atoms with Crippen LogP contribution in [0.3, 0.4) is 0 Å². The molecular weight excluding hydrogens is 416 g/mol. The number of carbonyl (C=O) groups is 2. The van der Waals surface area contributed by atoms with Crippen LogP contribution in [0, 0.1) is 0 Å². The maximum atomic E-state index is 12.2. The first-order valence-electron chi connectivity index (χ1n) is 9.30. The number of hydrazone groups is 1. The number of hydrogen-bond donors (Lipinski definition) is 1. The van der Waals surface area contributed by atoms with Gasteiger partial charge in [-0.25, -0.2) is 10.2 Å². The first kappa shape index (κ1) is 21.8. The van der Waals surface area contributed by atoms with Gasteiger partial charge in [-0.3, -0.25) is 4.79 Å². The zero-order valence-corrected chi connectivity index (χ0v) is 17.2. The SMILES string of the molecule is C=CCOc1ccc(C(=O)NN=Cc2cccc(OC(=O)c3ccc(Cl)cc3)c2)cc1. The molecule has 3 aromatic carbocycles. The zero-order chi connectivity index (χ0) is 22.1. The number of halogens is 1. The predicted molar refractivity (Wildman–Crippen MR) is 120 cm³/mol. The van der Waals surface area contributed by atoms with Crippen molar-refractivity contribution in [1.82, 2.24) is 5.43 Å². The van der Waals surface area contributed by atoms with Crippen LogP contribution in [0.5, 0.6) is 11.5 Å². The van der Waals surface area contributed by atoms with Gasteiger partial charge in [0.1, 0.15) is 18.1 Å². The van der Waals surface area contributed by atoms with Crippen LogP contribution in [-0.4, -0.2) is 24.7 Å². The highest BCUT2D eigenvalue weighted by atomic mass is 35.5. The molecule has 0 saturated heterocycles. The number of benzene rings is 3. The van der Waals surface area contributed by atoms with Gasteiger partial charge in [-0.05, 0) is 66.2 Å². The van der Waals surface area contributed by atoms with E-state index in [2.05, 4.69) is 17.1 Å². The summed E-state index contributed by atoms with van der Waals surface area (Å²) in [6.07, 6.45) is 3.10. The molecule has 0 saturated carbocycles. The van der Waals surface area contributed by atoms with Gasteiger partial charge >= 0.3 is 5.97 Å². The van der Waals surface area contributed by atoms with E-state index < -0.39 is 5.97 Å². The molecule has 31 heavy (non-hydrogen) atoms. The maximum absolute atomic E-state index is 12.2. The third-order valence-electron chi connectivity index (χ3n) is 4.01. The molecule has 6 nitrogen and oxygen atoms in total. The van der Waals surface area contributed by atoms with Gasteiger partial charge in [0, 0.05) is 10.6 Å². The summed E-state index contributed by atoms with van der Waals surface area (Å²) in [4.78, 5) is 24.4. The Kier molecular flexibility index (Phi) is 7.56. The third kappa shape index (κ3) is 6.55. The van der Waals surface area contributed by atoms with Crippen LogP contribution in [0.15, 0.2) is 90.6 Å². The van der Waals surface area contributed by atoms with Gasteiger partial charge in [0.15, 0.2) is 0 Å². The van der Waals surface area contributed by atoms with E-state index in [-0.39, 0.29) is 5.91 Å². The molecule has 0 radical (unpaired) electrons. The van der Waals surface area contributed by atoms with E-state index in [1.165, 1.54) is 6.21 Å². The Hall–Kier alpha value is -3.90. The second-order valence-corrected chi connectivity index (χ2v) is 6.73. The fraction of sp³-hybridized carbons (Fsp3) is 0.0417. The van der Waals surface area contributed by atoms with Crippen LogP contribution in [0.1, 0.15) is 26.3 Å². The number of ether oxygens (including phenoxy) is 2. The average molecular weight is 435 g/mol. The van der Waals surface area contributed by atoms with Crippen LogP contribution in [0.2, 0.25) is 5.02 Å². The molecule has 0 bridgehead atoms. The number of carbonyl (C=O) groups excluding carboxylic acids is 2. The molecule has 0 spiro atoms. The van der Waals surface area contributed by atoms with Crippen LogP contribution >= 0.6 is 11.6 Å². The fourth-order valence-electron chi connectivity index (χ4n) is 2.50. The molecule has 0 aliphatic heterocycles. The molecular formula is C24H19ClN2O4. The molecule has 7 heteroatoms. The van der Waals surface area contributed by atoms with Crippen molar-refractivity contribution in [2.75, 3.05) is 6.61 Å². The standard InChI is InChI=1S/C24H19ClN2O4/c1-2-14-30-21-12-8-18(9-13-21)23(28)27-26-16-17-4-3-5-22(15-17)31-24(29)19-6-10-20(25)11-7-19/h2-13,15-16H,1,14H2,(H,27,28). The van der Waals surface area contributed by atoms with Gasteiger partial charge in [0.2, 0.25) is 0 Å². The molecule has 0 unspecified atom stereocenters. The van der Waals surface area contributed by atoms with Gasteiger partial charge in [0.25, 0.3) is 5.91 Å². The summed E-state index contributed by atoms with van der Waals surface area (Å²) in [5.74, 6) is 0.131. The van der Waals surface area contributed by atoms with Gasteiger partial charge in [-0.15, -0.1) is 0 Å². The highest BCUT2D eigenvalue weighted by Gasteiger charge is 2.09. The number of esters is 1. The van der Waals surface area contributed by atoms with E-state index in [9.17, 15) is 9.59 Å². The fourth-order valence-corrected chi connectivity index (χ4v) is 2.62. The largest absolute Gasteiger partial charge is 0.490 e. The summed E-state index contributed by atoms with van der Waals surface area (Å²) in [6.45, 7) is 3.98. The molecule has 156 valence electrons.